The molecule has 0 saturated heterocycles. The summed E-state index contributed by atoms with van der Waals surface area (Å²) in [5.41, 5.74) is 0.969. The Labute approximate surface area is 151 Å². The van der Waals surface area contributed by atoms with Gasteiger partial charge in [0, 0.05) is 18.1 Å². The molecule has 3 heteroatoms. The zero-order valence-electron chi connectivity index (χ0n) is 16.0. The minimum absolute atomic E-state index is 0.0355. The van der Waals surface area contributed by atoms with Crippen LogP contribution in [0, 0.1) is 28.6 Å². The van der Waals surface area contributed by atoms with Crippen LogP contribution in [0.15, 0.2) is 18.2 Å². The Hall–Kier alpha value is -1.51. The number of Topliss-reactive ketones (excluding diaryl/α,β-unsaturated/α-hetero) is 1. The molecule has 4 atom stereocenters. The van der Waals surface area contributed by atoms with Gasteiger partial charge in [-0.15, -0.1) is 0 Å². The van der Waals surface area contributed by atoms with Crippen LogP contribution in [0.2, 0.25) is 0 Å². The highest BCUT2D eigenvalue weighted by molar-refractivity contribution is 5.97. The van der Waals surface area contributed by atoms with Crippen molar-refractivity contribution in [3.8, 4) is 11.5 Å². The molecular weight excluding hydrogens is 312 g/mol. The van der Waals surface area contributed by atoms with E-state index in [2.05, 4.69) is 27.7 Å². The first kappa shape index (κ1) is 18.3. The number of ketones is 1. The van der Waals surface area contributed by atoms with E-state index in [1.165, 1.54) is 50.3 Å². The van der Waals surface area contributed by atoms with Gasteiger partial charge in [-0.25, -0.2) is 0 Å². The quantitative estimate of drug-likeness (QED) is 0.707. The second kappa shape index (κ2) is 6.34. The summed E-state index contributed by atoms with van der Waals surface area (Å²) in [6, 6.07) is 4.21. The molecule has 3 nitrogen and oxygen atoms in total. The van der Waals surface area contributed by atoms with Crippen LogP contribution >= 0.6 is 0 Å². The van der Waals surface area contributed by atoms with Gasteiger partial charge in [0.2, 0.25) is 0 Å². The minimum atomic E-state index is -0.0528. The summed E-state index contributed by atoms with van der Waals surface area (Å²) in [4.78, 5) is 12.9. The molecule has 0 radical (unpaired) electrons. The van der Waals surface area contributed by atoms with Crippen LogP contribution in [0.1, 0.15) is 76.6 Å². The Balaban J connectivity index is 1.87. The summed E-state index contributed by atoms with van der Waals surface area (Å²) >= 11 is 0. The van der Waals surface area contributed by atoms with Crippen molar-refractivity contribution in [1.82, 2.24) is 0 Å². The highest BCUT2D eigenvalue weighted by Gasteiger charge is 2.53. The zero-order valence-corrected chi connectivity index (χ0v) is 16.0. The lowest BCUT2D eigenvalue weighted by molar-refractivity contribution is -0.0927. The lowest BCUT2D eigenvalue weighted by atomic mass is 9.46. The van der Waals surface area contributed by atoms with Gasteiger partial charge in [-0.2, -0.15) is 0 Å². The van der Waals surface area contributed by atoms with Crippen LogP contribution in [0.25, 0.3) is 0 Å². The number of benzene rings is 1. The summed E-state index contributed by atoms with van der Waals surface area (Å²) in [5.74, 6) is 1.49. The molecular formula is C22H32O3. The molecule has 1 aromatic carbocycles. The molecule has 2 aliphatic rings. The maximum Gasteiger partial charge on any atom is 0.163 e. The van der Waals surface area contributed by atoms with Crippen LogP contribution < -0.4 is 0 Å². The molecule has 2 fully saturated rings. The molecule has 138 valence electrons. The van der Waals surface area contributed by atoms with Crippen LogP contribution in [-0.2, 0) is 0 Å². The molecule has 2 aliphatic carbocycles. The van der Waals surface area contributed by atoms with Gasteiger partial charge >= 0.3 is 0 Å². The molecule has 2 N–H and O–H groups in total. The number of phenolic OH excluding ortho intramolecular Hbond substituents is 2. The van der Waals surface area contributed by atoms with E-state index in [0.29, 0.717) is 35.2 Å². The number of fused-ring (bicyclic) bond motifs is 1. The molecule has 0 bridgehead atoms. The van der Waals surface area contributed by atoms with E-state index < -0.39 is 0 Å². The van der Waals surface area contributed by atoms with Crippen molar-refractivity contribution in [3.63, 3.8) is 0 Å². The van der Waals surface area contributed by atoms with Crippen LogP contribution in [0.3, 0.4) is 0 Å². The maximum atomic E-state index is 12.9. The van der Waals surface area contributed by atoms with E-state index in [0.717, 1.165) is 0 Å². The monoisotopic (exact) mass is 344 g/mol. The third kappa shape index (κ3) is 3.30. The number of hydrogen-bond donors (Lipinski definition) is 2. The average molecular weight is 344 g/mol. The van der Waals surface area contributed by atoms with Gasteiger partial charge < -0.3 is 10.2 Å². The van der Waals surface area contributed by atoms with Crippen LogP contribution in [0.4, 0.5) is 0 Å². The summed E-state index contributed by atoms with van der Waals surface area (Å²) in [5, 5.41) is 19.4. The van der Waals surface area contributed by atoms with Gasteiger partial charge in [-0.1, -0.05) is 40.5 Å². The van der Waals surface area contributed by atoms with Gasteiger partial charge in [0.15, 0.2) is 5.78 Å². The van der Waals surface area contributed by atoms with Crippen molar-refractivity contribution in [2.75, 3.05) is 0 Å². The van der Waals surface area contributed by atoms with Crippen molar-refractivity contribution in [1.29, 1.82) is 0 Å². The van der Waals surface area contributed by atoms with Crippen molar-refractivity contribution < 1.29 is 15.0 Å². The molecule has 0 amide bonds. The Morgan fingerprint density at radius 3 is 2.36 bits per heavy atom. The second-order valence-electron chi connectivity index (χ2n) is 9.43. The molecule has 0 aliphatic heterocycles. The number of aromatic hydroxyl groups is 2. The largest absolute Gasteiger partial charge is 0.508 e. The number of rotatable bonds is 3. The summed E-state index contributed by atoms with van der Waals surface area (Å²) < 4.78 is 0. The van der Waals surface area contributed by atoms with Crippen LogP contribution in [0.5, 0.6) is 11.5 Å². The first-order valence-corrected chi connectivity index (χ1v) is 9.70. The number of carbonyl (C=O) groups excluding carboxylic acids is 1. The van der Waals surface area contributed by atoms with Crippen molar-refractivity contribution >= 4 is 5.78 Å². The fourth-order valence-electron chi connectivity index (χ4n) is 6.12. The van der Waals surface area contributed by atoms with Crippen molar-refractivity contribution in [2.45, 2.75) is 66.2 Å². The smallest absolute Gasteiger partial charge is 0.163 e. The molecule has 4 unspecified atom stereocenters. The van der Waals surface area contributed by atoms with E-state index in [-0.39, 0.29) is 22.7 Å². The fraction of sp³-hybridized carbons (Fsp3) is 0.682. The van der Waals surface area contributed by atoms with Gasteiger partial charge in [0.05, 0.1) is 0 Å². The van der Waals surface area contributed by atoms with Gasteiger partial charge in [-0.3, -0.25) is 4.79 Å². The normalized spacial score (nSPS) is 34.3. The average Bonchev–Trinajstić information content (AvgIpc) is 2.49. The Morgan fingerprint density at radius 1 is 1.08 bits per heavy atom. The highest BCUT2D eigenvalue weighted by Crippen LogP contribution is 2.61. The lowest BCUT2D eigenvalue weighted by Crippen LogP contribution is -2.51. The van der Waals surface area contributed by atoms with Gasteiger partial charge in [0.1, 0.15) is 11.5 Å². The van der Waals surface area contributed by atoms with Crippen molar-refractivity contribution in [2.24, 2.45) is 28.6 Å². The Bertz CT molecular complexity index is 643. The minimum Gasteiger partial charge on any atom is -0.508 e. The van der Waals surface area contributed by atoms with Gasteiger partial charge in [-0.05, 0) is 60.0 Å². The summed E-state index contributed by atoms with van der Waals surface area (Å²) in [7, 11) is 0. The highest BCUT2D eigenvalue weighted by atomic mass is 16.3. The molecule has 2 saturated carbocycles. The van der Waals surface area contributed by atoms with E-state index in [1.54, 1.807) is 0 Å². The molecule has 3 rings (SSSR count). The zero-order chi connectivity index (χ0) is 18.4. The predicted molar refractivity (Wildman–Crippen MR) is 99.8 cm³/mol. The fourth-order valence-corrected chi connectivity index (χ4v) is 6.12. The second-order valence-corrected chi connectivity index (χ2v) is 9.43. The Morgan fingerprint density at radius 2 is 1.72 bits per heavy atom. The summed E-state index contributed by atoms with van der Waals surface area (Å²) in [6.07, 6.45) is 6.68. The van der Waals surface area contributed by atoms with E-state index in [1.807, 2.05) is 0 Å². The number of carbonyl (C=O) groups is 1. The number of phenols is 2. The molecule has 25 heavy (non-hydrogen) atoms. The van der Waals surface area contributed by atoms with Gasteiger partial charge in [0.25, 0.3) is 0 Å². The van der Waals surface area contributed by atoms with E-state index >= 15 is 0 Å². The lowest BCUT2D eigenvalue weighted by Gasteiger charge is -2.59. The molecule has 0 aromatic heterocycles. The third-order valence-corrected chi connectivity index (χ3v) is 7.35. The molecule has 0 spiro atoms. The van der Waals surface area contributed by atoms with Crippen LogP contribution in [-0.4, -0.2) is 16.0 Å². The topological polar surface area (TPSA) is 57.5 Å². The van der Waals surface area contributed by atoms with E-state index in [9.17, 15) is 15.0 Å². The summed E-state index contributed by atoms with van der Waals surface area (Å²) in [6.45, 7) is 9.50. The molecule has 1 aromatic rings. The predicted octanol–water partition coefficient (Wildman–Crippen LogP) is 5.55. The maximum absolute atomic E-state index is 12.9. The first-order valence-electron chi connectivity index (χ1n) is 9.70. The first-order chi connectivity index (χ1) is 11.6. The SMILES string of the molecule is CC1CCC2C(C)(C)CCCC2(C)C1CC(=O)c1cc(O)cc(O)c1. The van der Waals surface area contributed by atoms with Crippen molar-refractivity contribution in [3.05, 3.63) is 23.8 Å². The van der Waals surface area contributed by atoms with E-state index in [4.69, 9.17) is 0 Å². The third-order valence-electron chi connectivity index (χ3n) is 7.35. The Kier molecular flexibility index (Phi) is 4.63. The number of hydrogen-bond acceptors (Lipinski definition) is 3. The molecule has 0 heterocycles. The standard InChI is InChI=1S/C22H32O3/c1-14-6-7-20-21(2,3)8-5-9-22(20,4)18(14)13-19(25)15-10-16(23)12-17(24)11-15/h10-12,14,18,20,23-24H,5-9,13H2,1-4H3.